The van der Waals surface area contributed by atoms with E-state index in [-0.39, 0.29) is 24.9 Å². The molecule has 9 heteroatoms. The van der Waals surface area contributed by atoms with Crippen molar-refractivity contribution in [2.75, 3.05) is 45.9 Å². The largest absolute Gasteiger partial charge is 0.507 e. The number of nitrogens with zero attached hydrogens (tertiary/aromatic N) is 3. The van der Waals surface area contributed by atoms with E-state index < -0.39 is 0 Å². The molecule has 0 unspecified atom stereocenters. The van der Waals surface area contributed by atoms with Crippen LogP contribution in [0.3, 0.4) is 0 Å². The first-order valence-electron chi connectivity index (χ1n) is 11.1. The van der Waals surface area contributed by atoms with Crippen molar-refractivity contribution in [1.82, 2.24) is 15.0 Å². The predicted molar refractivity (Wildman–Crippen MR) is 121 cm³/mol. The van der Waals surface area contributed by atoms with Crippen LogP contribution < -0.4 is 4.74 Å². The van der Waals surface area contributed by atoms with E-state index in [2.05, 4.69) is 15.0 Å². The molecule has 1 aromatic heterocycles. The normalized spacial score (nSPS) is 15.1. The van der Waals surface area contributed by atoms with Gasteiger partial charge < -0.3 is 24.2 Å². The number of aliphatic hydroxyl groups excluding tert-OH is 1. The molecule has 0 atom stereocenters. The first-order chi connectivity index (χ1) is 16.1. The Bertz CT molecular complexity index is 1070. The van der Waals surface area contributed by atoms with E-state index in [1.54, 1.807) is 43.3 Å². The molecular formula is C24H29N3O6. The van der Waals surface area contributed by atoms with Gasteiger partial charge in [-0.3, -0.25) is 9.80 Å². The van der Waals surface area contributed by atoms with Crippen LogP contribution >= 0.6 is 0 Å². The SMILES string of the molecule is CCOC(=O)c1ccc(OCc2noc3c(CN4CCN(CCO)CC4)c(O)ccc23)cc1. The summed E-state index contributed by atoms with van der Waals surface area (Å²) in [6, 6.07) is 10.2. The molecule has 2 N–H and O–H groups in total. The lowest BCUT2D eigenvalue weighted by Gasteiger charge is -2.34. The van der Waals surface area contributed by atoms with E-state index in [4.69, 9.17) is 19.1 Å². The van der Waals surface area contributed by atoms with Gasteiger partial charge in [-0.15, -0.1) is 0 Å². The van der Waals surface area contributed by atoms with Gasteiger partial charge in [-0.25, -0.2) is 4.79 Å². The maximum absolute atomic E-state index is 11.8. The van der Waals surface area contributed by atoms with E-state index in [1.165, 1.54) is 0 Å². The summed E-state index contributed by atoms with van der Waals surface area (Å²) in [7, 11) is 0. The molecule has 0 aliphatic carbocycles. The van der Waals surface area contributed by atoms with Crippen LogP contribution in [0.4, 0.5) is 0 Å². The predicted octanol–water partition coefficient (Wildman–Crippen LogP) is 2.40. The number of β-amino-alcohol motifs (C(OH)–C–C–N with tert-alkyl or cyclic N) is 1. The Morgan fingerprint density at radius 2 is 1.82 bits per heavy atom. The van der Waals surface area contributed by atoms with Gasteiger partial charge in [-0.05, 0) is 43.3 Å². The third-order valence-corrected chi connectivity index (χ3v) is 5.80. The minimum Gasteiger partial charge on any atom is -0.507 e. The van der Waals surface area contributed by atoms with Crippen LogP contribution in [0.25, 0.3) is 11.0 Å². The second-order valence-electron chi connectivity index (χ2n) is 7.94. The highest BCUT2D eigenvalue weighted by Gasteiger charge is 2.21. The fourth-order valence-corrected chi connectivity index (χ4v) is 3.95. The number of benzene rings is 2. The Hall–Kier alpha value is -3.14. The van der Waals surface area contributed by atoms with Crippen molar-refractivity contribution in [2.45, 2.75) is 20.1 Å². The molecule has 1 fully saturated rings. The number of phenols is 1. The maximum atomic E-state index is 11.8. The number of aromatic hydroxyl groups is 1. The molecule has 9 nitrogen and oxygen atoms in total. The Morgan fingerprint density at radius 3 is 2.52 bits per heavy atom. The molecule has 0 spiro atoms. The van der Waals surface area contributed by atoms with Crippen molar-refractivity contribution in [3.05, 3.63) is 53.2 Å². The molecule has 176 valence electrons. The maximum Gasteiger partial charge on any atom is 0.338 e. The number of rotatable bonds is 9. The molecule has 1 aliphatic heterocycles. The number of hydrogen-bond acceptors (Lipinski definition) is 9. The van der Waals surface area contributed by atoms with Gasteiger partial charge in [-0.1, -0.05) is 5.16 Å². The van der Waals surface area contributed by atoms with Crippen LogP contribution in [-0.4, -0.2) is 77.1 Å². The first-order valence-corrected chi connectivity index (χ1v) is 11.1. The lowest BCUT2D eigenvalue weighted by atomic mass is 10.1. The molecule has 2 heterocycles. The van der Waals surface area contributed by atoms with Crippen molar-refractivity contribution in [1.29, 1.82) is 0 Å². The molecule has 2 aromatic carbocycles. The van der Waals surface area contributed by atoms with Crippen molar-refractivity contribution >= 4 is 16.9 Å². The summed E-state index contributed by atoms with van der Waals surface area (Å²) < 4.78 is 16.4. The number of fused-ring (bicyclic) bond motifs is 1. The third kappa shape index (κ3) is 5.44. The second-order valence-corrected chi connectivity index (χ2v) is 7.94. The molecule has 0 bridgehead atoms. The average Bonchev–Trinajstić information content (AvgIpc) is 3.24. The zero-order chi connectivity index (χ0) is 23.2. The molecule has 1 saturated heterocycles. The Labute approximate surface area is 192 Å². The number of carbonyl (C=O) groups excluding carboxylic acids is 1. The molecule has 0 amide bonds. The summed E-state index contributed by atoms with van der Waals surface area (Å²) >= 11 is 0. The molecule has 0 saturated carbocycles. The van der Waals surface area contributed by atoms with Crippen LogP contribution in [0.1, 0.15) is 28.5 Å². The van der Waals surface area contributed by atoms with Crippen LogP contribution in [0, 0.1) is 0 Å². The zero-order valence-electron chi connectivity index (χ0n) is 18.7. The number of hydrogen-bond donors (Lipinski definition) is 2. The van der Waals surface area contributed by atoms with Gasteiger partial charge in [0.05, 0.1) is 24.3 Å². The van der Waals surface area contributed by atoms with E-state index in [0.29, 0.717) is 47.8 Å². The zero-order valence-corrected chi connectivity index (χ0v) is 18.7. The van der Waals surface area contributed by atoms with Crippen LogP contribution in [0.15, 0.2) is 40.9 Å². The van der Waals surface area contributed by atoms with E-state index in [9.17, 15) is 9.90 Å². The lowest BCUT2D eigenvalue weighted by Crippen LogP contribution is -2.46. The average molecular weight is 456 g/mol. The molecule has 3 aromatic rings. The summed E-state index contributed by atoms with van der Waals surface area (Å²) in [5.41, 5.74) is 2.37. The van der Waals surface area contributed by atoms with Crippen molar-refractivity contribution in [3.8, 4) is 11.5 Å². The van der Waals surface area contributed by atoms with Crippen LogP contribution in [-0.2, 0) is 17.9 Å². The van der Waals surface area contributed by atoms with Crippen molar-refractivity contribution < 1.29 is 29.0 Å². The van der Waals surface area contributed by atoms with Crippen molar-refractivity contribution in [2.24, 2.45) is 0 Å². The Kier molecular flexibility index (Phi) is 7.43. The third-order valence-electron chi connectivity index (χ3n) is 5.80. The van der Waals surface area contributed by atoms with E-state index in [0.717, 1.165) is 31.6 Å². The van der Waals surface area contributed by atoms with Gasteiger partial charge in [0, 0.05) is 44.7 Å². The fraction of sp³-hybridized carbons (Fsp3) is 0.417. The fourth-order valence-electron chi connectivity index (χ4n) is 3.95. The van der Waals surface area contributed by atoms with E-state index in [1.807, 2.05) is 0 Å². The van der Waals surface area contributed by atoms with Gasteiger partial charge in [-0.2, -0.15) is 0 Å². The highest BCUT2D eigenvalue weighted by Crippen LogP contribution is 2.31. The van der Waals surface area contributed by atoms with Crippen LogP contribution in [0.5, 0.6) is 11.5 Å². The quantitative estimate of drug-likeness (QED) is 0.470. The second kappa shape index (κ2) is 10.7. The Balaban J connectivity index is 1.42. The summed E-state index contributed by atoms with van der Waals surface area (Å²) in [5.74, 6) is 0.408. The lowest BCUT2D eigenvalue weighted by molar-refractivity contribution is 0.0526. The minimum absolute atomic E-state index is 0.165. The summed E-state index contributed by atoms with van der Waals surface area (Å²) in [6.45, 7) is 7.14. The van der Waals surface area contributed by atoms with Gasteiger partial charge >= 0.3 is 5.97 Å². The number of aromatic nitrogens is 1. The van der Waals surface area contributed by atoms with Gasteiger partial charge in [0.25, 0.3) is 0 Å². The molecule has 0 radical (unpaired) electrons. The highest BCUT2D eigenvalue weighted by molar-refractivity contribution is 5.89. The monoisotopic (exact) mass is 455 g/mol. The number of ether oxygens (including phenoxy) is 2. The number of carbonyl (C=O) groups is 1. The molecule has 33 heavy (non-hydrogen) atoms. The number of phenolic OH excluding ortho intramolecular Hbond substituents is 1. The Morgan fingerprint density at radius 1 is 1.09 bits per heavy atom. The first kappa shape index (κ1) is 23.0. The molecule has 1 aliphatic rings. The topological polar surface area (TPSA) is 108 Å². The van der Waals surface area contributed by atoms with Gasteiger partial charge in [0.15, 0.2) is 5.58 Å². The summed E-state index contributed by atoms with van der Waals surface area (Å²) in [4.78, 5) is 16.3. The number of esters is 1. The number of aliphatic hydroxyl groups is 1. The minimum atomic E-state index is -0.367. The van der Waals surface area contributed by atoms with Gasteiger partial charge in [0.1, 0.15) is 23.8 Å². The van der Waals surface area contributed by atoms with Crippen LogP contribution in [0.2, 0.25) is 0 Å². The molecule has 4 rings (SSSR count). The van der Waals surface area contributed by atoms with Crippen molar-refractivity contribution in [3.63, 3.8) is 0 Å². The highest BCUT2D eigenvalue weighted by atomic mass is 16.5. The molecular weight excluding hydrogens is 426 g/mol. The number of piperazine rings is 1. The summed E-state index contributed by atoms with van der Waals surface area (Å²) in [6.07, 6.45) is 0. The standard InChI is InChI=1S/C24H29N3O6/c1-2-31-24(30)17-3-5-18(6-4-17)32-16-21-19-7-8-22(29)20(23(19)33-25-21)15-27-11-9-26(10-12-27)13-14-28/h3-8,28-29H,2,9-16H2,1H3. The summed E-state index contributed by atoms with van der Waals surface area (Å²) in [5, 5.41) is 24.6. The van der Waals surface area contributed by atoms with Gasteiger partial charge in [0.2, 0.25) is 0 Å². The van der Waals surface area contributed by atoms with E-state index >= 15 is 0 Å². The smallest absolute Gasteiger partial charge is 0.338 e.